The van der Waals surface area contributed by atoms with Crippen molar-refractivity contribution in [1.29, 1.82) is 0 Å². The lowest BCUT2D eigenvalue weighted by Gasteiger charge is -2.47. The molecule has 3 heterocycles. The molecule has 40 heavy (non-hydrogen) atoms. The van der Waals surface area contributed by atoms with E-state index < -0.39 is 15.9 Å². The zero-order valence-corrected chi connectivity index (χ0v) is 24.9. The number of anilines is 2. The Morgan fingerprint density at radius 1 is 1.12 bits per heavy atom. The molecule has 2 fully saturated rings. The lowest BCUT2D eigenvalue weighted by atomic mass is 9.98. The SMILES string of the molecule is CC[C@H]1CN(c2nc(N)c(C(=O)NCCCS(N)(=O)=O)nc2Cl)CCN1C1CCN(Cc2ccc(C)cc2)CC1. The molecule has 0 spiro atoms. The summed E-state index contributed by atoms with van der Waals surface area (Å²) in [7, 11) is -3.59. The molecule has 5 N–H and O–H groups in total. The smallest absolute Gasteiger partial charge is 0.273 e. The van der Waals surface area contributed by atoms with Crippen LogP contribution in [0.25, 0.3) is 0 Å². The van der Waals surface area contributed by atoms with E-state index in [1.165, 1.54) is 11.1 Å². The number of piperazine rings is 1. The Morgan fingerprint density at radius 3 is 2.48 bits per heavy atom. The van der Waals surface area contributed by atoms with E-state index >= 15 is 0 Å². The molecule has 1 amide bonds. The number of amides is 1. The van der Waals surface area contributed by atoms with Crippen molar-refractivity contribution < 1.29 is 13.2 Å². The van der Waals surface area contributed by atoms with E-state index in [-0.39, 0.29) is 35.4 Å². The molecule has 0 saturated carbocycles. The van der Waals surface area contributed by atoms with Gasteiger partial charge in [-0.15, -0.1) is 0 Å². The predicted molar refractivity (Wildman–Crippen MR) is 159 cm³/mol. The van der Waals surface area contributed by atoms with Gasteiger partial charge in [0.1, 0.15) is 0 Å². The average molecular weight is 593 g/mol. The third-order valence-electron chi connectivity index (χ3n) is 7.82. The summed E-state index contributed by atoms with van der Waals surface area (Å²) in [4.78, 5) is 28.5. The highest BCUT2D eigenvalue weighted by Crippen LogP contribution is 2.30. The van der Waals surface area contributed by atoms with Gasteiger partial charge in [0, 0.05) is 44.8 Å². The topological polar surface area (TPSA) is 151 Å². The Labute approximate surface area is 242 Å². The number of likely N-dealkylation sites (tertiary alicyclic amines) is 1. The summed E-state index contributed by atoms with van der Waals surface area (Å²) in [6.07, 6.45) is 3.48. The van der Waals surface area contributed by atoms with Gasteiger partial charge in [0.25, 0.3) is 5.91 Å². The second-order valence-electron chi connectivity index (χ2n) is 10.8. The van der Waals surface area contributed by atoms with Crippen LogP contribution in [0.4, 0.5) is 11.6 Å². The molecule has 2 saturated heterocycles. The van der Waals surface area contributed by atoms with E-state index in [1.54, 1.807) is 0 Å². The van der Waals surface area contributed by atoms with Gasteiger partial charge in [0.2, 0.25) is 10.0 Å². The number of nitrogens with zero attached hydrogens (tertiary/aromatic N) is 5. The number of nitrogens with one attached hydrogen (secondary N) is 1. The van der Waals surface area contributed by atoms with Gasteiger partial charge in [-0.25, -0.2) is 23.5 Å². The van der Waals surface area contributed by atoms with Crippen LogP contribution in [0.5, 0.6) is 0 Å². The second-order valence-corrected chi connectivity index (χ2v) is 12.9. The molecule has 2 aromatic rings. The van der Waals surface area contributed by atoms with Crippen molar-refractivity contribution >= 4 is 39.2 Å². The normalized spacial score (nSPS) is 19.6. The van der Waals surface area contributed by atoms with Gasteiger partial charge in [0.05, 0.1) is 5.75 Å². The highest BCUT2D eigenvalue weighted by atomic mass is 35.5. The van der Waals surface area contributed by atoms with Crippen molar-refractivity contribution in [2.24, 2.45) is 5.14 Å². The van der Waals surface area contributed by atoms with Crippen molar-refractivity contribution in [3.8, 4) is 0 Å². The van der Waals surface area contributed by atoms with Crippen LogP contribution in [0.1, 0.15) is 54.2 Å². The first-order valence-corrected chi connectivity index (χ1v) is 16.0. The number of aromatic nitrogens is 2. The van der Waals surface area contributed by atoms with E-state index in [9.17, 15) is 13.2 Å². The minimum atomic E-state index is -3.59. The quantitative estimate of drug-likeness (QED) is 0.352. The molecule has 0 radical (unpaired) electrons. The average Bonchev–Trinajstić information content (AvgIpc) is 2.93. The van der Waals surface area contributed by atoms with Gasteiger partial charge in [-0.1, -0.05) is 48.4 Å². The lowest BCUT2D eigenvalue weighted by Crippen LogP contribution is -2.58. The van der Waals surface area contributed by atoms with E-state index in [0.717, 1.165) is 58.5 Å². The number of carbonyl (C=O) groups excluding carboxylic acids is 1. The summed E-state index contributed by atoms with van der Waals surface area (Å²) in [5, 5.41) is 7.70. The number of aryl methyl sites for hydroxylation is 1. The number of benzene rings is 1. The summed E-state index contributed by atoms with van der Waals surface area (Å²) in [5.41, 5.74) is 8.69. The van der Waals surface area contributed by atoms with Crippen molar-refractivity contribution in [3.63, 3.8) is 0 Å². The number of carbonyl (C=O) groups is 1. The summed E-state index contributed by atoms with van der Waals surface area (Å²) < 4.78 is 22.1. The fourth-order valence-corrected chi connectivity index (χ4v) is 6.41. The van der Waals surface area contributed by atoms with Gasteiger partial charge in [-0.2, -0.15) is 0 Å². The summed E-state index contributed by atoms with van der Waals surface area (Å²) in [6.45, 7) is 10.0. The molecule has 1 aromatic heterocycles. The number of nitrogens with two attached hydrogens (primary N) is 2. The fourth-order valence-electron chi connectivity index (χ4n) is 5.61. The lowest BCUT2D eigenvalue weighted by molar-refractivity contribution is 0.0610. The van der Waals surface area contributed by atoms with Crippen LogP contribution in [0.3, 0.4) is 0 Å². The number of sulfonamides is 1. The largest absolute Gasteiger partial charge is 0.382 e. The van der Waals surface area contributed by atoms with E-state index in [0.29, 0.717) is 17.9 Å². The van der Waals surface area contributed by atoms with Crippen LogP contribution in [0.15, 0.2) is 24.3 Å². The minimum Gasteiger partial charge on any atom is -0.382 e. The van der Waals surface area contributed by atoms with E-state index in [2.05, 4.69) is 68.1 Å². The number of hydrogen-bond acceptors (Lipinski definition) is 9. The van der Waals surface area contributed by atoms with E-state index in [4.69, 9.17) is 22.5 Å². The summed E-state index contributed by atoms with van der Waals surface area (Å²) in [6, 6.07) is 9.72. The maximum atomic E-state index is 12.5. The summed E-state index contributed by atoms with van der Waals surface area (Å²) in [5.74, 6) is -0.320. The van der Waals surface area contributed by atoms with Crippen LogP contribution in [0, 0.1) is 6.92 Å². The number of hydrogen-bond donors (Lipinski definition) is 3. The Morgan fingerprint density at radius 2 is 1.82 bits per heavy atom. The first-order valence-electron chi connectivity index (χ1n) is 13.9. The maximum Gasteiger partial charge on any atom is 0.273 e. The molecule has 2 aliphatic rings. The molecule has 220 valence electrons. The number of nitrogen functional groups attached to an aromatic ring is 1. The number of piperidine rings is 1. The van der Waals surface area contributed by atoms with Gasteiger partial charge in [0.15, 0.2) is 22.5 Å². The van der Waals surface area contributed by atoms with Gasteiger partial charge < -0.3 is 16.0 Å². The Bertz CT molecular complexity index is 1270. The standard InChI is InChI=1S/C27H41ClN8O3S/c1-3-21-18-35(26-24(28)32-23(25(29)33-26)27(37)31-11-4-16-40(30,38)39)14-15-36(21)22-9-12-34(13-10-22)17-20-7-5-19(2)6-8-20/h5-8,21-22H,3-4,9-18H2,1-2H3,(H2,29,33)(H,31,37)(H2,30,38,39)/t21-/m0/s1. The Kier molecular flexibility index (Phi) is 10.2. The Balaban J connectivity index is 1.32. The van der Waals surface area contributed by atoms with Crippen LogP contribution in [-0.2, 0) is 16.6 Å². The zero-order chi connectivity index (χ0) is 28.9. The predicted octanol–water partition coefficient (Wildman–Crippen LogP) is 1.99. The van der Waals surface area contributed by atoms with Crippen molar-refractivity contribution in [2.75, 3.05) is 55.7 Å². The van der Waals surface area contributed by atoms with Crippen molar-refractivity contribution in [1.82, 2.24) is 25.1 Å². The molecule has 1 aromatic carbocycles. The molecule has 4 rings (SSSR count). The number of rotatable bonds is 10. The third-order valence-corrected chi connectivity index (χ3v) is 8.93. The molecule has 0 bridgehead atoms. The minimum absolute atomic E-state index is 0.0141. The van der Waals surface area contributed by atoms with Gasteiger partial charge in [-0.3, -0.25) is 14.6 Å². The fraction of sp³-hybridized carbons (Fsp3) is 0.593. The molecular weight excluding hydrogens is 552 g/mol. The van der Waals surface area contributed by atoms with Crippen LogP contribution in [0.2, 0.25) is 5.15 Å². The highest BCUT2D eigenvalue weighted by Gasteiger charge is 2.34. The summed E-state index contributed by atoms with van der Waals surface area (Å²) >= 11 is 6.50. The third kappa shape index (κ3) is 8.03. The van der Waals surface area contributed by atoms with Gasteiger partial charge >= 0.3 is 0 Å². The molecular formula is C27H41ClN8O3S. The highest BCUT2D eigenvalue weighted by molar-refractivity contribution is 7.89. The Hall–Kier alpha value is -2.51. The second kappa shape index (κ2) is 13.4. The first kappa shape index (κ1) is 30.4. The first-order chi connectivity index (χ1) is 19.0. The zero-order valence-electron chi connectivity index (χ0n) is 23.4. The van der Waals surface area contributed by atoms with Crippen LogP contribution >= 0.6 is 11.6 Å². The van der Waals surface area contributed by atoms with Crippen LogP contribution in [-0.4, -0.2) is 91.2 Å². The number of halogens is 1. The van der Waals surface area contributed by atoms with Gasteiger partial charge in [-0.05, 0) is 51.3 Å². The van der Waals surface area contributed by atoms with E-state index in [1.807, 2.05) is 0 Å². The maximum absolute atomic E-state index is 12.5. The molecule has 1 atom stereocenters. The van der Waals surface area contributed by atoms with Crippen LogP contribution < -0.4 is 21.1 Å². The van der Waals surface area contributed by atoms with Crippen molar-refractivity contribution in [2.45, 2.75) is 58.2 Å². The number of primary sulfonamides is 1. The molecule has 0 aliphatic carbocycles. The molecule has 13 heteroatoms. The van der Waals surface area contributed by atoms with Crippen molar-refractivity contribution in [3.05, 3.63) is 46.2 Å². The molecule has 2 aliphatic heterocycles. The molecule has 11 nitrogen and oxygen atoms in total. The molecule has 0 unspecified atom stereocenters. The monoisotopic (exact) mass is 592 g/mol.